The molecule has 0 radical (unpaired) electrons. The minimum Gasteiger partial charge on any atom is -0.399 e. The van der Waals surface area contributed by atoms with Gasteiger partial charge in [-0.2, -0.15) is 0 Å². The SMILES string of the molecule is C=CC(=O)N(/C=C\C(=C)N)[C@@H]1CS[C@H](CO)O1. The van der Waals surface area contributed by atoms with Crippen LogP contribution in [0.5, 0.6) is 0 Å². The van der Waals surface area contributed by atoms with Gasteiger partial charge in [-0.25, -0.2) is 0 Å². The molecule has 1 amide bonds. The lowest BCUT2D eigenvalue weighted by atomic mass is 10.4. The summed E-state index contributed by atoms with van der Waals surface area (Å²) in [5.41, 5.74) is 5.45. The van der Waals surface area contributed by atoms with Gasteiger partial charge in [0.1, 0.15) is 11.7 Å². The average molecular weight is 256 g/mol. The van der Waals surface area contributed by atoms with Crippen molar-refractivity contribution in [3.8, 4) is 0 Å². The summed E-state index contributed by atoms with van der Waals surface area (Å²) in [5, 5.41) is 8.96. The first kappa shape index (κ1) is 13.8. The number of hydrogen-bond acceptors (Lipinski definition) is 5. The van der Waals surface area contributed by atoms with E-state index in [1.54, 1.807) is 0 Å². The number of carbonyl (C=O) groups is 1. The van der Waals surface area contributed by atoms with Gasteiger partial charge in [-0.3, -0.25) is 9.69 Å². The van der Waals surface area contributed by atoms with Gasteiger partial charge in [0.15, 0.2) is 0 Å². The van der Waals surface area contributed by atoms with Crippen molar-refractivity contribution in [3.05, 3.63) is 37.2 Å². The maximum absolute atomic E-state index is 11.6. The molecule has 0 aromatic carbocycles. The van der Waals surface area contributed by atoms with Crippen molar-refractivity contribution in [2.45, 2.75) is 11.7 Å². The molecule has 0 spiro atoms. The van der Waals surface area contributed by atoms with Crippen molar-refractivity contribution in [1.29, 1.82) is 0 Å². The van der Waals surface area contributed by atoms with Gasteiger partial charge in [-0.1, -0.05) is 13.2 Å². The van der Waals surface area contributed by atoms with Crippen LogP contribution in [-0.2, 0) is 9.53 Å². The Balaban J connectivity index is 2.73. The third kappa shape index (κ3) is 3.92. The third-order valence-electron chi connectivity index (χ3n) is 2.07. The highest BCUT2D eigenvalue weighted by atomic mass is 32.2. The summed E-state index contributed by atoms with van der Waals surface area (Å²) < 4.78 is 5.48. The van der Waals surface area contributed by atoms with Crippen LogP contribution in [0.3, 0.4) is 0 Å². The van der Waals surface area contributed by atoms with Gasteiger partial charge >= 0.3 is 0 Å². The number of carbonyl (C=O) groups excluding carboxylic acids is 1. The van der Waals surface area contributed by atoms with Crippen LogP contribution >= 0.6 is 11.8 Å². The minimum atomic E-state index is -0.418. The highest BCUT2D eigenvalue weighted by molar-refractivity contribution is 8.00. The molecule has 0 saturated carbocycles. The van der Waals surface area contributed by atoms with E-state index in [0.717, 1.165) is 0 Å². The van der Waals surface area contributed by atoms with E-state index < -0.39 is 6.23 Å². The minimum absolute atomic E-state index is 0.0788. The zero-order valence-electron chi connectivity index (χ0n) is 9.41. The molecule has 2 atom stereocenters. The maximum Gasteiger partial charge on any atom is 0.252 e. The van der Waals surface area contributed by atoms with E-state index in [1.807, 2.05) is 0 Å². The van der Waals surface area contributed by atoms with Crippen LogP contribution < -0.4 is 5.73 Å². The predicted molar refractivity (Wildman–Crippen MR) is 67.7 cm³/mol. The second kappa shape index (κ2) is 6.48. The Bertz CT molecular complexity index is 344. The first-order valence-corrected chi connectivity index (χ1v) is 6.08. The van der Waals surface area contributed by atoms with Crippen molar-refractivity contribution in [3.63, 3.8) is 0 Å². The molecular weight excluding hydrogens is 240 g/mol. The van der Waals surface area contributed by atoms with E-state index in [4.69, 9.17) is 15.6 Å². The van der Waals surface area contributed by atoms with E-state index in [9.17, 15) is 4.79 Å². The second-order valence-corrected chi connectivity index (χ2v) is 4.57. The molecular formula is C11H16N2O3S. The van der Waals surface area contributed by atoms with Crippen molar-refractivity contribution in [2.75, 3.05) is 12.4 Å². The van der Waals surface area contributed by atoms with E-state index >= 15 is 0 Å². The van der Waals surface area contributed by atoms with Crippen LogP contribution in [0, 0.1) is 0 Å². The topological polar surface area (TPSA) is 75.8 Å². The Morgan fingerprint density at radius 1 is 1.71 bits per heavy atom. The summed E-state index contributed by atoms with van der Waals surface area (Å²) in [6.07, 6.45) is 3.81. The number of amides is 1. The monoisotopic (exact) mass is 256 g/mol. The Hall–Kier alpha value is -1.24. The van der Waals surface area contributed by atoms with Gasteiger partial charge in [0.25, 0.3) is 5.91 Å². The number of nitrogens with zero attached hydrogens (tertiary/aromatic N) is 1. The molecule has 0 aromatic heterocycles. The van der Waals surface area contributed by atoms with Crippen LogP contribution in [0.1, 0.15) is 0 Å². The maximum atomic E-state index is 11.6. The molecule has 6 heteroatoms. The van der Waals surface area contributed by atoms with Crippen molar-refractivity contribution < 1.29 is 14.6 Å². The summed E-state index contributed by atoms with van der Waals surface area (Å²) in [6.45, 7) is 6.86. The Morgan fingerprint density at radius 3 is 2.88 bits per heavy atom. The van der Waals surface area contributed by atoms with Gasteiger partial charge in [-0.15, -0.1) is 11.8 Å². The fourth-order valence-electron chi connectivity index (χ4n) is 1.28. The molecule has 0 bridgehead atoms. The number of thioether (sulfide) groups is 1. The Labute approximate surface area is 105 Å². The molecule has 5 nitrogen and oxygen atoms in total. The Morgan fingerprint density at radius 2 is 2.41 bits per heavy atom. The van der Waals surface area contributed by atoms with Crippen LogP contribution in [-0.4, -0.2) is 39.9 Å². The van der Waals surface area contributed by atoms with Gasteiger partial charge < -0.3 is 15.6 Å². The summed E-state index contributed by atoms with van der Waals surface area (Å²) >= 11 is 1.45. The van der Waals surface area contributed by atoms with Crippen molar-refractivity contribution in [2.24, 2.45) is 5.73 Å². The van der Waals surface area contributed by atoms with Crippen LogP contribution in [0.4, 0.5) is 0 Å². The lowest BCUT2D eigenvalue weighted by Crippen LogP contribution is -2.37. The first-order valence-electron chi connectivity index (χ1n) is 5.03. The van der Waals surface area contributed by atoms with Crippen LogP contribution in [0.2, 0.25) is 0 Å². The van der Waals surface area contributed by atoms with Gasteiger partial charge in [0.05, 0.1) is 6.61 Å². The first-order chi connectivity index (χ1) is 8.08. The highest BCUT2D eigenvalue weighted by Crippen LogP contribution is 2.27. The number of allylic oxidation sites excluding steroid dienone is 1. The van der Waals surface area contributed by atoms with E-state index in [2.05, 4.69) is 13.2 Å². The van der Waals surface area contributed by atoms with Gasteiger partial charge in [0.2, 0.25) is 0 Å². The molecule has 1 saturated heterocycles. The van der Waals surface area contributed by atoms with E-state index in [-0.39, 0.29) is 18.0 Å². The quantitative estimate of drug-likeness (QED) is 0.550. The van der Waals surface area contributed by atoms with Crippen LogP contribution in [0.25, 0.3) is 0 Å². The summed E-state index contributed by atoms with van der Waals surface area (Å²) in [6, 6.07) is 0. The number of aliphatic hydroxyl groups is 1. The molecule has 94 valence electrons. The molecule has 1 rings (SSSR count). The Kier molecular flexibility index (Phi) is 5.27. The van der Waals surface area contributed by atoms with Gasteiger partial charge in [-0.05, 0) is 12.2 Å². The molecule has 1 aliphatic heterocycles. The largest absolute Gasteiger partial charge is 0.399 e. The lowest BCUT2D eigenvalue weighted by molar-refractivity contribution is -0.134. The number of rotatable bonds is 5. The summed E-state index contributed by atoms with van der Waals surface area (Å²) in [5.74, 6) is 0.304. The third-order valence-corrected chi connectivity index (χ3v) is 3.18. The van der Waals surface area contributed by atoms with E-state index in [0.29, 0.717) is 11.4 Å². The normalized spacial score (nSPS) is 23.8. The second-order valence-electron chi connectivity index (χ2n) is 3.38. The zero-order chi connectivity index (χ0) is 12.8. The van der Waals surface area contributed by atoms with Crippen molar-refractivity contribution in [1.82, 2.24) is 4.90 Å². The highest BCUT2D eigenvalue weighted by Gasteiger charge is 2.30. The molecule has 0 aliphatic carbocycles. The summed E-state index contributed by atoms with van der Waals surface area (Å²) in [7, 11) is 0. The van der Waals surface area contributed by atoms with Crippen LogP contribution in [0.15, 0.2) is 37.2 Å². The number of hydrogen-bond donors (Lipinski definition) is 2. The molecule has 1 fully saturated rings. The standard InChI is InChI=1S/C11H16N2O3S/c1-3-9(15)13(5-4-8(2)12)10-7-17-11(6-14)16-10/h3-5,10-11,14H,1-2,6-7,12H2/b5-4-/t10-,11+/m0/s1. The molecule has 17 heavy (non-hydrogen) atoms. The van der Waals surface area contributed by atoms with Crippen molar-refractivity contribution >= 4 is 17.7 Å². The predicted octanol–water partition coefficient (Wildman–Crippen LogP) is 0.395. The molecule has 1 heterocycles. The fourth-order valence-corrected chi connectivity index (χ4v) is 2.21. The fraction of sp³-hybridized carbons (Fsp3) is 0.364. The molecule has 1 aliphatic rings. The number of ether oxygens (including phenoxy) is 1. The number of nitrogens with two attached hydrogens (primary N) is 1. The zero-order valence-corrected chi connectivity index (χ0v) is 10.2. The molecule has 0 aromatic rings. The molecule has 0 unspecified atom stereocenters. The van der Waals surface area contributed by atoms with E-state index in [1.165, 1.54) is 35.0 Å². The smallest absolute Gasteiger partial charge is 0.252 e. The van der Waals surface area contributed by atoms with Gasteiger partial charge in [0, 0.05) is 17.6 Å². The molecule has 3 N–H and O–H groups in total. The average Bonchev–Trinajstić information content (AvgIpc) is 2.77. The summed E-state index contributed by atoms with van der Waals surface area (Å²) in [4.78, 5) is 13.0. The lowest BCUT2D eigenvalue weighted by Gasteiger charge is -2.23. The number of aliphatic hydroxyl groups excluding tert-OH is 1.